The number of rotatable bonds is 6. The SMILES string of the molecule is Cc1ccc2c(c1)C1(CCN(CCOc3ccc4c(c3)CCC(=O)N4CC(F)F)CC1)C(=O)N2. The zero-order valence-electron chi connectivity index (χ0n) is 19.3. The highest BCUT2D eigenvalue weighted by Gasteiger charge is 2.48. The molecular formula is C26H29F2N3O3. The minimum absolute atomic E-state index is 0.109. The Bertz CT molecular complexity index is 1110. The molecule has 0 aromatic heterocycles. The number of ether oxygens (including phenoxy) is 1. The van der Waals surface area contributed by atoms with Crippen LogP contribution >= 0.6 is 0 Å². The predicted octanol–water partition coefficient (Wildman–Crippen LogP) is 3.90. The van der Waals surface area contributed by atoms with E-state index in [0.717, 1.165) is 54.9 Å². The Hall–Kier alpha value is -3.00. The normalized spacial score (nSPS) is 19.4. The van der Waals surface area contributed by atoms with Gasteiger partial charge in [-0.25, -0.2) is 8.78 Å². The summed E-state index contributed by atoms with van der Waals surface area (Å²) in [4.78, 5) is 28.4. The molecule has 180 valence electrons. The van der Waals surface area contributed by atoms with Gasteiger partial charge in [-0.1, -0.05) is 17.7 Å². The number of alkyl halides is 2. The number of piperidine rings is 1. The first-order chi connectivity index (χ1) is 16.4. The Morgan fingerprint density at radius 1 is 1.09 bits per heavy atom. The molecule has 3 aliphatic rings. The van der Waals surface area contributed by atoms with E-state index in [9.17, 15) is 18.4 Å². The number of aryl methyl sites for hydroxylation is 2. The van der Waals surface area contributed by atoms with Gasteiger partial charge in [0.2, 0.25) is 11.8 Å². The summed E-state index contributed by atoms with van der Waals surface area (Å²) in [7, 11) is 0. The molecule has 3 aliphatic heterocycles. The minimum atomic E-state index is -2.57. The first-order valence-electron chi connectivity index (χ1n) is 11.8. The Labute approximate surface area is 197 Å². The average Bonchev–Trinajstić information content (AvgIpc) is 3.07. The topological polar surface area (TPSA) is 61.9 Å². The van der Waals surface area contributed by atoms with Crippen molar-refractivity contribution in [2.45, 2.75) is 44.4 Å². The van der Waals surface area contributed by atoms with Crippen molar-refractivity contribution in [2.75, 3.05) is 43.0 Å². The molecule has 0 saturated carbocycles. The van der Waals surface area contributed by atoms with Gasteiger partial charge < -0.3 is 15.0 Å². The zero-order chi connectivity index (χ0) is 23.9. The molecule has 0 bridgehead atoms. The number of halogens is 2. The van der Waals surface area contributed by atoms with E-state index in [0.29, 0.717) is 24.5 Å². The Morgan fingerprint density at radius 2 is 1.88 bits per heavy atom. The molecule has 1 saturated heterocycles. The quantitative estimate of drug-likeness (QED) is 0.697. The van der Waals surface area contributed by atoms with Gasteiger partial charge in [0.25, 0.3) is 6.43 Å². The summed E-state index contributed by atoms with van der Waals surface area (Å²) in [5, 5.41) is 3.06. The number of amides is 2. The molecule has 34 heavy (non-hydrogen) atoms. The van der Waals surface area contributed by atoms with Gasteiger partial charge in [0.15, 0.2) is 0 Å². The fourth-order valence-electron chi connectivity index (χ4n) is 5.44. The van der Waals surface area contributed by atoms with Crippen LogP contribution < -0.4 is 15.0 Å². The van der Waals surface area contributed by atoms with Crippen molar-refractivity contribution in [1.29, 1.82) is 0 Å². The molecule has 8 heteroatoms. The fourth-order valence-corrected chi connectivity index (χ4v) is 5.44. The van der Waals surface area contributed by atoms with Crippen LogP contribution in [-0.2, 0) is 21.4 Å². The maximum Gasteiger partial charge on any atom is 0.256 e. The number of anilines is 2. The minimum Gasteiger partial charge on any atom is -0.492 e. The Balaban J connectivity index is 1.17. The van der Waals surface area contributed by atoms with Crippen LogP contribution in [-0.4, -0.2) is 55.9 Å². The van der Waals surface area contributed by atoms with E-state index in [1.165, 1.54) is 4.90 Å². The van der Waals surface area contributed by atoms with Gasteiger partial charge in [-0.2, -0.15) is 0 Å². The van der Waals surface area contributed by atoms with Crippen molar-refractivity contribution in [3.05, 3.63) is 53.1 Å². The van der Waals surface area contributed by atoms with Crippen LogP contribution in [0.15, 0.2) is 36.4 Å². The van der Waals surface area contributed by atoms with Crippen LogP contribution in [0.4, 0.5) is 20.2 Å². The zero-order valence-corrected chi connectivity index (χ0v) is 19.3. The Morgan fingerprint density at radius 3 is 2.65 bits per heavy atom. The van der Waals surface area contributed by atoms with Gasteiger partial charge in [-0.3, -0.25) is 14.5 Å². The summed E-state index contributed by atoms with van der Waals surface area (Å²) in [6.07, 6.45) is -0.246. The van der Waals surface area contributed by atoms with Crippen LogP contribution in [0, 0.1) is 6.92 Å². The van der Waals surface area contributed by atoms with Crippen molar-refractivity contribution in [1.82, 2.24) is 4.90 Å². The van der Waals surface area contributed by atoms with E-state index in [1.54, 1.807) is 12.1 Å². The van der Waals surface area contributed by atoms with Crippen molar-refractivity contribution in [3.8, 4) is 5.75 Å². The van der Waals surface area contributed by atoms with E-state index < -0.39 is 18.4 Å². The number of carbonyl (C=O) groups is 2. The first kappa shape index (κ1) is 22.8. The van der Waals surface area contributed by atoms with Gasteiger partial charge in [-0.15, -0.1) is 0 Å². The smallest absolute Gasteiger partial charge is 0.256 e. The first-order valence-corrected chi connectivity index (χ1v) is 11.8. The van der Waals surface area contributed by atoms with Gasteiger partial charge in [0.05, 0.1) is 12.0 Å². The average molecular weight is 470 g/mol. The molecule has 0 radical (unpaired) electrons. The van der Waals surface area contributed by atoms with Gasteiger partial charge in [0.1, 0.15) is 12.4 Å². The van der Waals surface area contributed by atoms with E-state index in [-0.39, 0.29) is 18.2 Å². The summed E-state index contributed by atoms with van der Waals surface area (Å²) in [5.41, 5.74) is 4.21. The number of benzene rings is 2. The monoisotopic (exact) mass is 469 g/mol. The van der Waals surface area contributed by atoms with Crippen LogP contribution in [0.1, 0.15) is 36.0 Å². The van der Waals surface area contributed by atoms with Crippen LogP contribution in [0.5, 0.6) is 5.75 Å². The summed E-state index contributed by atoms with van der Waals surface area (Å²) < 4.78 is 31.7. The van der Waals surface area contributed by atoms with Gasteiger partial charge >= 0.3 is 0 Å². The molecule has 5 rings (SSSR count). The number of carbonyl (C=O) groups excluding carboxylic acids is 2. The van der Waals surface area contributed by atoms with Gasteiger partial charge in [-0.05, 0) is 74.7 Å². The van der Waals surface area contributed by atoms with Gasteiger partial charge in [0, 0.05) is 24.3 Å². The molecule has 1 fully saturated rings. The summed E-state index contributed by atoms with van der Waals surface area (Å²) in [6, 6.07) is 11.5. The lowest BCUT2D eigenvalue weighted by Crippen LogP contribution is -2.47. The fraction of sp³-hybridized carbons (Fsp3) is 0.462. The van der Waals surface area contributed by atoms with E-state index >= 15 is 0 Å². The van der Waals surface area contributed by atoms with E-state index in [4.69, 9.17) is 4.74 Å². The summed E-state index contributed by atoms with van der Waals surface area (Å²) >= 11 is 0. The maximum atomic E-state index is 12.9. The molecule has 1 N–H and O–H groups in total. The third-order valence-corrected chi connectivity index (χ3v) is 7.33. The van der Waals surface area contributed by atoms with E-state index in [1.807, 2.05) is 18.2 Å². The Kier molecular flexibility index (Phi) is 6.02. The molecule has 0 atom stereocenters. The number of nitrogens with one attached hydrogen (secondary N) is 1. The van der Waals surface area contributed by atoms with E-state index in [2.05, 4.69) is 23.2 Å². The highest BCUT2D eigenvalue weighted by Crippen LogP contribution is 2.45. The third kappa shape index (κ3) is 4.15. The van der Waals surface area contributed by atoms with Crippen molar-refractivity contribution < 1.29 is 23.1 Å². The van der Waals surface area contributed by atoms with Crippen LogP contribution in [0.2, 0.25) is 0 Å². The second-order valence-electron chi connectivity index (χ2n) is 9.46. The highest BCUT2D eigenvalue weighted by atomic mass is 19.3. The molecule has 0 aliphatic carbocycles. The summed E-state index contributed by atoms with van der Waals surface area (Å²) in [5.74, 6) is 0.522. The number of hydrogen-bond donors (Lipinski definition) is 1. The lowest BCUT2D eigenvalue weighted by molar-refractivity contribution is -0.122. The summed E-state index contributed by atoms with van der Waals surface area (Å²) in [6.45, 7) is 4.35. The predicted molar refractivity (Wildman–Crippen MR) is 126 cm³/mol. The lowest BCUT2D eigenvalue weighted by Gasteiger charge is -2.38. The molecule has 2 amide bonds. The largest absolute Gasteiger partial charge is 0.492 e. The number of likely N-dealkylation sites (tertiary alicyclic amines) is 1. The maximum absolute atomic E-state index is 12.9. The van der Waals surface area contributed by atoms with Crippen LogP contribution in [0.25, 0.3) is 0 Å². The second-order valence-corrected chi connectivity index (χ2v) is 9.46. The van der Waals surface area contributed by atoms with Crippen LogP contribution in [0.3, 0.4) is 0 Å². The van der Waals surface area contributed by atoms with Crippen molar-refractivity contribution in [2.24, 2.45) is 0 Å². The lowest BCUT2D eigenvalue weighted by atomic mass is 9.73. The van der Waals surface area contributed by atoms with Crippen molar-refractivity contribution in [3.63, 3.8) is 0 Å². The molecular weight excluding hydrogens is 440 g/mol. The third-order valence-electron chi connectivity index (χ3n) is 7.33. The standard InChI is InChI=1S/C26H29F2N3O3/c1-17-2-5-21-20(14-17)26(25(33)29-21)8-10-30(11-9-26)12-13-34-19-4-6-22-18(15-19)3-7-24(32)31(22)16-23(27)28/h2,4-6,14-15,23H,3,7-13,16H2,1H3,(H,29,33). The molecule has 2 aromatic rings. The molecule has 0 unspecified atom stereocenters. The molecule has 1 spiro atoms. The van der Waals surface area contributed by atoms with Crippen molar-refractivity contribution >= 4 is 23.2 Å². The molecule has 2 aromatic carbocycles. The molecule has 6 nitrogen and oxygen atoms in total. The molecule has 3 heterocycles. The number of hydrogen-bond acceptors (Lipinski definition) is 4. The highest BCUT2D eigenvalue weighted by molar-refractivity contribution is 6.06. The number of nitrogens with zero attached hydrogens (tertiary/aromatic N) is 2. The second kappa shape index (κ2) is 8.98. The number of fused-ring (bicyclic) bond motifs is 3.